The molecule has 5 aromatic rings. The van der Waals surface area contributed by atoms with Crippen LogP contribution in [0.4, 0.5) is 0 Å². The molecule has 2 aromatic carbocycles. The van der Waals surface area contributed by atoms with Crippen LogP contribution in [0.25, 0.3) is 17.0 Å². The third kappa shape index (κ3) is 3.75. The van der Waals surface area contributed by atoms with Gasteiger partial charge in [0.25, 0.3) is 0 Å². The minimum atomic E-state index is 0.471. The minimum Gasteiger partial charge on any atom is -0.438 e. The SMILES string of the molecule is [B]c1cnc(-c2cccc(Cc3nnc4ccc(Oc5ccccc5)nn34)c2)nc1. The predicted molar refractivity (Wildman–Crippen MR) is 113 cm³/mol. The van der Waals surface area contributed by atoms with E-state index in [2.05, 4.69) is 25.3 Å². The van der Waals surface area contributed by atoms with Crippen molar-refractivity contribution in [3.63, 3.8) is 0 Å². The highest BCUT2D eigenvalue weighted by Crippen LogP contribution is 2.20. The fourth-order valence-corrected chi connectivity index (χ4v) is 3.08. The summed E-state index contributed by atoms with van der Waals surface area (Å²) in [5.41, 5.74) is 3.13. The fourth-order valence-electron chi connectivity index (χ4n) is 3.08. The van der Waals surface area contributed by atoms with Gasteiger partial charge >= 0.3 is 0 Å². The molecule has 8 heteroatoms. The van der Waals surface area contributed by atoms with E-state index in [1.165, 1.54) is 0 Å². The maximum atomic E-state index is 5.83. The average Bonchev–Trinajstić information content (AvgIpc) is 3.17. The van der Waals surface area contributed by atoms with Crippen LogP contribution in [0.2, 0.25) is 0 Å². The lowest BCUT2D eigenvalue weighted by molar-refractivity contribution is 0.451. The van der Waals surface area contributed by atoms with Gasteiger partial charge in [-0.15, -0.1) is 15.3 Å². The number of aromatic nitrogens is 6. The summed E-state index contributed by atoms with van der Waals surface area (Å²) in [6.45, 7) is 0. The molecule has 3 heterocycles. The first kappa shape index (κ1) is 18.0. The quantitative estimate of drug-likeness (QED) is 0.430. The molecule has 142 valence electrons. The lowest BCUT2D eigenvalue weighted by Gasteiger charge is -2.06. The van der Waals surface area contributed by atoms with E-state index < -0.39 is 0 Å². The summed E-state index contributed by atoms with van der Waals surface area (Å²) in [6.07, 6.45) is 3.74. The van der Waals surface area contributed by atoms with Crippen molar-refractivity contribution in [3.8, 4) is 23.0 Å². The monoisotopic (exact) mass is 390 g/mol. The number of benzene rings is 2. The summed E-state index contributed by atoms with van der Waals surface area (Å²) in [7, 11) is 5.68. The van der Waals surface area contributed by atoms with Crippen LogP contribution in [0.15, 0.2) is 79.1 Å². The molecule has 0 bridgehead atoms. The summed E-state index contributed by atoms with van der Waals surface area (Å²) in [5, 5.41) is 13.1. The molecule has 0 saturated heterocycles. The molecule has 0 aliphatic heterocycles. The van der Waals surface area contributed by atoms with Crippen LogP contribution in [0.3, 0.4) is 0 Å². The number of hydrogen-bond donors (Lipinski definition) is 0. The zero-order valence-corrected chi connectivity index (χ0v) is 15.9. The second-order valence-corrected chi connectivity index (χ2v) is 6.69. The van der Waals surface area contributed by atoms with E-state index in [1.54, 1.807) is 23.0 Å². The van der Waals surface area contributed by atoms with E-state index in [-0.39, 0.29) is 0 Å². The van der Waals surface area contributed by atoms with Crippen LogP contribution in [0.5, 0.6) is 11.6 Å². The topological polar surface area (TPSA) is 78.1 Å². The molecule has 0 unspecified atom stereocenters. The maximum absolute atomic E-state index is 5.83. The van der Waals surface area contributed by atoms with Crippen molar-refractivity contribution in [2.45, 2.75) is 6.42 Å². The zero-order chi connectivity index (χ0) is 20.3. The summed E-state index contributed by atoms with van der Waals surface area (Å²) < 4.78 is 7.53. The van der Waals surface area contributed by atoms with Crippen molar-refractivity contribution in [3.05, 3.63) is 90.5 Å². The first-order valence-electron chi connectivity index (χ1n) is 9.36. The third-order valence-corrected chi connectivity index (χ3v) is 4.49. The number of para-hydroxylation sites is 1. The summed E-state index contributed by atoms with van der Waals surface area (Å²) >= 11 is 0. The van der Waals surface area contributed by atoms with Crippen LogP contribution in [0.1, 0.15) is 11.4 Å². The lowest BCUT2D eigenvalue weighted by Crippen LogP contribution is -2.05. The molecule has 30 heavy (non-hydrogen) atoms. The van der Waals surface area contributed by atoms with Gasteiger partial charge in [0.15, 0.2) is 17.3 Å². The van der Waals surface area contributed by atoms with Crippen molar-refractivity contribution in [2.24, 2.45) is 0 Å². The standard InChI is InChI=1S/C22H15BN6O/c23-17-13-24-22(25-14-17)16-6-4-5-15(11-16)12-20-27-26-19-9-10-21(28-29(19)20)30-18-7-2-1-3-8-18/h1-11,13-14H,12H2. The van der Waals surface area contributed by atoms with Crippen molar-refractivity contribution >= 4 is 19.0 Å². The largest absolute Gasteiger partial charge is 0.438 e. The van der Waals surface area contributed by atoms with Crippen molar-refractivity contribution in [1.29, 1.82) is 0 Å². The Hall–Kier alpha value is -4.07. The molecule has 0 spiro atoms. The van der Waals surface area contributed by atoms with Crippen LogP contribution in [0, 0.1) is 0 Å². The molecule has 0 atom stereocenters. The van der Waals surface area contributed by atoms with Crippen LogP contribution < -0.4 is 10.2 Å². The van der Waals surface area contributed by atoms with Crippen molar-refractivity contribution in [2.75, 3.05) is 0 Å². The molecular formula is C22H15BN6O. The van der Waals surface area contributed by atoms with Crippen LogP contribution in [-0.2, 0) is 6.42 Å². The molecule has 0 amide bonds. The predicted octanol–water partition coefficient (Wildman–Crippen LogP) is 2.76. The second-order valence-electron chi connectivity index (χ2n) is 6.69. The van der Waals surface area contributed by atoms with Crippen molar-refractivity contribution < 1.29 is 4.74 Å². The van der Waals surface area contributed by atoms with Gasteiger partial charge in [0.05, 0.1) is 0 Å². The molecule has 5 rings (SSSR count). The Labute approximate surface area is 173 Å². The summed E-state index contributed by atoms with van der Waals surface area (Å²) in [4.78, 5) is 8.58. The molecular weight excluding hydrogens is 375 g/mol. The number of rotatable bonds is 5. The van der Waals surface area contributed by atoms with Gasteiger partial charge in [0.1, 0.15) is 13.6 Å². The molecule has 0 N–H and O–H groups in total. The van der Waals surface area contributed by atoms with Gasteiger partial charge in [-0.05, 0) is 29.8 Å². The zero-order valence-electron chi connectivity index (χ0n) is 15.9. The first-order valence-corrected chi connectivity index (χ1v) is 9.36. The van der Waals surface area contributed by atoms with Crippen LogP contribution >= 0.6 is 0 Å². The van der Waals surface area contributed by atoms with Gasteiger partial charge in [-0.3, -0.25) is 0 Å². The number of fused-ring (bicyclic) bond motifs is 1. The van der Waals surface area contributed by atoms with Gasteiger partial charge in [-0.2, -0.15) is 4.52 Å². The van der Waals surface area contributed by atoms with Gasteiger partial charge in [-0.1, -0.05) is 41.9 Å². The van der Waals surface area contributed by atoms with Gasteiger partial charge < -0.3 is 4.74 Å². The molecule has 2 radical (unpaired) electrons. The maximum Gasteiger partial charge on any atom is 0.237 e. The second kappa shape index (κ2) is 7.75. The van der Waals surface area contributed by atoms with Gasteiger partial charge in [0, 0.05) is 30.4 Å². The Balaban J connectivity index is 1.43. The van der Waals surface area contributed by atoms with Gasteiger partial charge in [0.2, 0.25) is 5.88 Å². The minimum absolute atomic E-state index is 0.471. The number of hydrogen-bond acceptors (Lipinski definition) is 6. The fraction of sp³-hybridized carbons (Fsp3) is 0.0455. The highest BCUT2D eigenvalue weighted by atomic mass is 16.5. The Bertz CT molecular complexity index is 1300. The highest BCUT2D eigenvalue weighted by Gasteiger charge is 2.11. The van der Waals surface area contributed by atoms with E-state index in [0.717, 1.165) is 16.9 Å². The summed E-state index contributed by atoms with van der Waals surface area (Å²) in [6, 6.07) is 21.1. The van der Waals surface area contributed by atoms with Gasteiger partial charge in [-0.25, -0.2) is 9.97 Å². The molecule has 0 fully saturated rings. The Morgan fingerprint density at radius 2 is 1.70 bits per heavy atom. The number of ether oxygens (including phenoxy) is 1. The molecule has 3 aromatic heterocycles. The van der Waals surface area contributed by atoms with E-state index in [4.69, 9.17) is 12.6 Å². The Kier molecular flexibility index (Phi) is 4.65. The Morgan fingerprint density at radius 1 is 0.867 bits per heavy atom. The molecule has 0 aliphatic rings. The number of nitrogens with zero attached hydrogens (tertiary/aromatic N) is 6. The normalized spacial score (nSPS) is 10.9. The molecule has 7 nitrogen and oxygen atoms in total. The Morgan fingerprint density at radius 3 is 2.53 bits per heavy atom. The van der Waals surface area contributed by atoms with E-state index in [9.17, 15) is 0 Å². The smallest absolute Gasteiger partial charge is 0.237 e. The first-order chi connectivity index (χ1) is 14.7. The van der Waals surface area contributed by atoms with Crippen molar-refractivity contribution in [1.82, 2.24) is 29.8 Å². The van der Waals surface area contributed by atoms with Crippen LogP contribution in [-0.4, -0.2) is 37.6 Å². The average molecular weight is 390 g/mol. The molecule has 0 saturated carbocycles. The molecule has 0 aliphatic carbocycles. The van der Waals surface area contributed by atoms with E-state index >= 15 is 0 Å². The summed E-state index contributed by atoms with van der Waals surface area (Å²) in [5.74, 6) is 2.52. The third-order valence-electron chi connectivity index (χ3n) is 4.49. The highest BCUT2D eigenvalue weighted by molar-refractivity contribution is 6.31. The lowest BCUT2D eigenvalue weighted by atomic mass is 10.0. The van der Waals surface area contributed by atoms with E-state index in [1.807, 2.05) is 60.7 Å². The van der Waals surface area contributed by atoms with E-state index in [0.29, 0.717) is 35.1 Å².